The second-order valence-corrected chi connectivity index (χ2v) is 8.14. The molecule has 1 aliphatic rings. The summed E-state index contributed by atoms with van der Waals surface area (Å²) in [4.78, 5) is 40.4. The number of benzene rings is 3. The Hall–Kier alpha value is -3.48. The number of hydrogen-bond donors (Lipinski definition) is 1. The standard InChI is InChI=1S/C23H13ClN2O3S/c24-19-14-9-4-5-12-17(14)30-20(19)21(27)25-16-11-6-10-15-18(16)23(29)26(22(15)28)13-7-2-1-3-8-13/h1-12H,(H,25,27). The minimum absolute atomic E-state index is 0.178. The van der Waals surface area contributed by atoms with Crippen LogP contribution in [0.25, 0.3) is 10.1 Å². The Balaban J connectivity index is 1.52. The molecular formula is C23H13ClN2O3S. The molecule has 0 saturated carbocycles. The Morgan fingerprint density at radius 3 is 2.37 bits per heavy atom. The lowest BCUT2D eigenvalue weighted by Crippen LogP contribution is -2.29. The molecule has 0 fully saturated rings. The molecular weight excluding hydrogens is 420 g/mol. The summed E-state index contributed by atoms with van der Waals surface area (Å²) in [5.41, 5.74) is 1.19. The average Bonchev–Trinajstić information content (AvgIpc) is 3.24. The Morgan fingerprint density at radius 1 is 0.867 bits per heavy atom. The Bertz CT molecular complexity index is 1350. The SMILES string of the molecule is O=C(Nc1cccc2c1C(=O)N(c1ccccc1)C2=O)c1sc2ccccc2c1Cl. The molecule has 5 rings (SSSR count). The van der Waals surface area contributed by atoms with Gasteiger partial charge in [0, 0.05) is 10.1 Å². The summed E-state index contributed by atoms with van der Waals surface area (Å²) in [6, 6.07) is 21.0. The van der Waals surface area contributed by atoms with E-state index in [4.69, 9.17) is 11.6 Å². The number of fused-ring (bicyclic) bond motifs is 2. The van der Waals surface area contributed by atoms with Gasteiger partial charge in [0.25, 0.3) is 17.7 Å². The molecule has 1 N–H and O–H groups in total. The molecule has 146 valence electrons. The Kier molecular flexibility index (Phi) is 4.38. The first-order chi connectivity index (χ1) is 14.6. The highest BCUT2D eigenvalue weighted by Gasteiger charge is 2.38. The van der Waals surface area contributed by atoms with E-state index in [0.717, 1.165) is 15.0 Å². The van der Waals surface area contributed by atoms with Gasteiger partial charge in [0.15, 0.2) is 0 Å². The molecule has 0 radical (unpaired) electrons. The van der Waals surface area contributed by atoms with Crippen molar-refractivity contribution in [3.8, 4) is 0 Å². The van der Waals surface area contributed by atoms with Crippen LogP contribution in [0.1, 0.15) is 30.4 Å². The predicted molar refractivity (Wildman–Crippen MR) is 119 cm³/mol. The predicted octanol–water partition coefficient (Wildman–Crippen LogP) is 5.61. The highest BCUT2D eigenvalue weighted by Crippen LogP contribution is 2.37. The maximum atomic E-state index is 13.1. The zero-order chi connectivity index (χ0) is 20.8. The lowest BCUT2D eigenvalue weighted by atomic mass is 10.1. The van der Waals surface area contributed by atoms with Crippen molar-refractivity contribution in [1.29, 1.82) is 0 Å². The summed E-state index contributed by atoms with van der Waals surface area (Å²) >= 11 is 7.69. The molecule has 5 nitrogen and oxygen atoms in total. The monoisotopic (exact) mass is 432 g/mol. The summed E-state index contributed by atoms with van der Waals surface area (Å²) in [5.74, 6) is -1.32. The maximum Gasteiger partial charge on any atom is 0.268 e. The van der Waals surface area contributed by atoms with Crippen LogP contribution in [0.4, 0.5) is 11.4 Å². The minimum atomic E-state index is -0.473. The zero-order valence-electron chi connectivity index (χ0n) is 15.4. The minimum Gasteiger partial charge on any atom is -0.320 e. The second kappa shape index (κ2) is 7.09. The van der Waals surface area contributed by atoms with Crippen LogP contribution in [0, 0.1) is 0 Å². The Labute approximate surface area is 180 Å². The zero-order valence-corrected chi connectivity index (χ0v) is 17.0. The fourth-order valence-corrected chi connectivity index (χ4v) is 4.95. The topological polar surface area (TPSA) is 66.5 Å². The molecule has 0 atom stereocenters. The van der Waals surface area contributed by atoms with Crippen LogP contribution in [0.2, 0.25) is 5.02 Å². The fourth-order valence-electron chi connectivity index (χ4n) is 3.54. The molecule has 3 aromatic carbocycles. The highest BCUT2D eigenvalue weighted by molar-refractivity contribution is 7.21. The molecule has 3 amide bonds. The van der Waals surface area contributed by atoms with E-state index in [1.807, 2.05) is 30.3 Å². The smallest absolute Gasteiger partial charge is 0.268 e. The third-order valence-corrected chi connectivity index (χ3v) is 6.59. The van der Waals surface area contributed by atoms with Crippen LogP contribution in [0.3, 0.4) is 0 Å². The molecule has 0 unspecified atom stereocenters. The molecule has 7 heteroatoms. The van der Waals surface area contributed by atoms with Crippen molar-refractivity contribution >= 4 is 62.1 Å². The largest absolute Gasteiger partial charge is 0.320 e. The van der Waals surface area contributed by atoms with Gasteiger partial charge in [0.05, 0.1) is 27.5 Å². The third-order valence-electron chi connectivity index (χ3n) is 4.92. The quantitative estimate of drug-likeness (QED) is 0.428. The number of nitrogens with zero attached hydrogens (tertiary/aromatic N) is 1. The fraction of sp³-hybridized carbons (Fsp3) is 0. The van der Waals surface area contributed by atoms with E-state index in [0.29, 0.717) is 15.6 Å². The number of carbonyl (C=O) groups excluding carboxylic acids is 3. The summed E-state index contributed by atoms with van der Waals surface area (Å²) in [6.07, 6.45) is 0. The number of anilines is 2. The van der Waals surface area contributed by atoms with Crippen molar-refractivity contribution in [3.05, 3.63) is 93.8 Å². The summed E-state index contributed by atoms with van der Waals surface area (Å²) in [6.45, 7) is 0. The molecule has 1 aromatic heterocycles. The number of halogens is 1. The molecule has 2 heterocycles. The van der Waals surface area contributed by atoms with Gasteiger partial charge in [0.1, 0.15) is 4.88 Å². The van der Waals surface area contributed by atoms with E-state index in [-0.39, 0.29) is 16.8 Å². The lowest BCUT2D eigenvalue weighted by Gasteiger charge is -2.13. The van der Waals surface area contributed by atoms with Crippen LogP contribution in [-0.2, 0) is 0 Å². The molecule has 4 aromatic rings. The third kappa shape index (κ3) is 2.81. The molecule has 30 heavy (non-hydrogen) atoms. The first-order valence-electron chi connectivity index (χ1n) is 9.11. The van der Waals surface area contributed by atoms with Gasteiger partial charge in [-0.1, -0.05) is 54.1 Å². The van der Waals surface area contributed by atoms with Crippen molar-refractivity contribution < 1.29 is 14.4 Å². The second-order valence-electron chi connectivity index (χ2n) is 6.70. The molecule has 0 saturated heterocycles. The van der Waals surface area contributed by atoms with Gasteiger partial charge in [-0.3, -0.25) is 14.4 Å². The van der Waals surface area contributed by atoms with E-state index >= 15 is 0 Å². The normalized spacial score (nSPS) is 13.0. The average molecular weight is 433 g/mol. The van der Waals surface area contributed by atoms with E-state index in [2.05, 4.69) is 5.32 Å². The van der Waals surface area contributed by atoms with Crippen molar-refractivity contribution in [1.82, 2.24) is 0 Å². The van der Waals surface area contributed by atoms with Crippen molar-refractivity contribution in [2.45, 2.75) is 0 Å². The number of nitrogens with one attached hydrogen (secondary N) is 1. The summed E-state index contributed by atoms with van der Waals surface area (Å²) in [5, 5.41) is 3.94. The van der Waals surface area contributed by atoms with Crippen molar-refractivity contribution in [2.75, 3.05) is 10.2 Å². The van der Waals surface area contributed by atoms with Crippen LogP contribution in [0.5, 0.6) is 0 Å². The number of carbonyl (C=O) groups is 3. The maximum absolute atomic E-state index is 13.1. The van der Waals surface area contributed by atoms with Crippen LogP contribution in [0.15, 0.2) is 72.8 Å². The van der Waals surface area contributed by atoms with E-state index in [9.17, 15) is 14.4 Å². The number of rotatable bonds is 3. The number of thiophene rings is 1. The van der Waals surface area contributed by atoms with Crippen LogP contribution < -0.4 is 10.2 Å². The van der Waals surface area contributed by atoms with Gasteiger partial charge >= 0.3 is 0 Å². The molecule has 0 bridgehead atoms. The highest BCUT2D eigenvalue weighted by atomic mass is 35.5. The van der Waals surface area contributed by atoms with Crippen LogP contribution in [-0.4, -0.2) is 17.7 Å². The van der Waals surface area contributed by atoms with Gasteiger partial charge in [-0.15, -0.1) is 11.3 Å². The number of para-hydroxylation sites is 1. The first kappa shape index (κ1) is 18.5. The summed E-state index contributed by atoms with van der Waals surface area (Å²) in [7, 11) is 0. The van der Waals surface area contributed by atoms with Gasteiger partial charge in [-0.05, 0) is 30.3 Å². The van der Waals surface area contributed by atoms with E-state index < -0.39 is 17.7 Å². The van der Waals surface area contributed by atoms with Gasteiger partial charge in [-0.25, -0.2) is 4.90 Å². The van der Waals surface area contributed by atoms with Crippen molar-refractivity contribution in [2.24, 2.45) is 0 Å². The van der Waals surface area contributed by atoms with E-state index in [1.54, 1.807) is 42.5 Å². The first-order valence-corrected chi connectivity index (χ1v) is 10.3. The lowest BCUT2D eigenvalue weighted by molar-refractivity contribution is 0.0926. The van der Waals surface area contributed by atoms with Gasteiger partial charge in [-0.2, -0.15) is 0 Å². The number of hydrogen-bond acceptors (Lipinski definition) is 4. The summed E-state index contributed by atoms with van der Waals surface area (Å²) < 4.78 is 0.896. The number of amides is 3. The van der Waals surface area contributed by atoms with Crippen LogP contribution >= 0.6 is 22.9 Å². The Morgan fingerprint density at radius 2 is 1.60 bits per heavy atom. The van der Waals surface area contributed by atoms with E-state index in [1.165, 1.54) is 11.3 Å². The van der Waals surface area contributed by atoms with Gasteiger partial charge in [0.2, 0.25) is 0 Å². The molecule has 0 aliphatic carbocycles. The van der Waals surface area contributed by atoms with Gasteiger partial charge < -0.3 is 5.32 Å². The molecule has 0 spiro atoms. The number of imide groups is 1. The van der Waals surface area contributed by atoms with Crippen molar-refractivity contribution in [3.63, 3.8) is 0 Å². The molecule has 1 aliphatic heterocycles.